The summed E-state index contributed by atoms with van der Waals surface area (Å²) in [6, 6.07) is 0. The van der Waals surface area contributed by atoms with Crippen LogP contribution in [0.5, 0.6) is 0 Å². The molecule has 1 aliphatic carbocycles. The maximum atomic E-state index is 10.1. The third kappa shape index (κ3) is 1.76. The van der Waals surface area contributed by atoms with Gasteiger partial charge in [0.25, 0.3) is 0 Å². The first-order valence-corrected chi connectivity index (χ1v) is 4.80. The fourth-order valence-corrected chi connectivity index (χ4v) is 2.10. The fourth-order valence-electron chi connectivity index (χ4n) is 2.10. The van der Waals surface area contributed by atoms with Crippen molar-refractivity contribution in [2.45, 2.75) is 58.0 Å². The molecule has 0 aromatic heterocycles. The van der Waals surface area contributed by atoms with Gasteiger partial charge in [0, 0.05) is 5.92 Å². The molecule has 11 heavy (non-hydrogen) atoms. The maximum absolute atomic E-state index is 10.1. The van der Waals surface area contributed by atoms with Crippen LogP contribution in [0.3, 0.4) is 0 Å². The minimum atomic E-state index is -0.396. The lowest BCUT2D eigenvalue weighted by Crippen LogP contribution is -2.38. The predicted octanol–water partition coefficient (Wildman–Crippen LogP) is 2.69. The van der Waals surface area contributed by atoms with Gasteiger partial charge in [-0.2, -0.15) is 0 Å². The lowest BCUT2D eigenvalue weighted by Gasteiger charge is -2.38. The second kappa shape index (κ2) is 3.57. The van der Waals surface area contributed by atoms with E-state index in [4.69, 9.17) is 0 Å². The van der Waals surface area contributed by atoms with E-state index < -0.39 is 5.60 Å². The van der Waals surface area contributed by atoms with Gasteiger partial charge in [0.1, 0.15) is 0 Å². The summed E-state index contributed by atoms with van der Waals surface area (Å²) in [6.07, 6.45) is 6.59. The molecule has 0 saturated heterocycles. The SMILES string of the molecule is CC[C]1CCCCC1(O)CC. The van der Waals surface area contributed by atoms with Gasteiger partial charge in [0.05, 0.1) is 5.60 Å². The summed E-state index contributed by atoms with van der Waals surface area (Å²) in [7, 11) is 0. The molecule has 1 saturated carbocycles. The topological polar surface area (TPSA) is 20.2 Å². The zero-order chi connectivity index (χ0) is 8.32. The lowest BCUT2D eigenvalue weighted by molar-refractivity contribution is 0.0186. The number of aliphatic hydroxyl groups is 1. The molecule has 65 valence electrons. The zero-order valence-corrected chi connectivity index (χ0v) is 7.69. The number of rotatable bonds is 2. The van der Waals surface area contributed by atoms with Crippen LogP contribution in [0.1, 0.15) is 52.4 Å². The lowest BCUT2D eigenvalue weighted by atomic mass is 9.73. The molecule has 0 amide bonds. The smallest absolute Gasteiger partial charge is 0.0707 e. The summed E-state index contributed by atoms with van der Waals surface area (Å²) in [5.74, 6) is 1.38. The van der Waals surface area contributed by atoms with Crippen LogP contribution in [-0.2, 0) is 0 Å². The second-order valence-corrected chi connectivity index (χ2v) is 3.55. The Morgan fingerprint density at radius 1 is 1.36 bits per heavy atom. The van der Waals surface area contributed by atoms with E-state index in [0.717, 1.165) is 25.7 Å². The van der Waals surface area contributed by atoms with Crippen molar-refractivity contribution < 1.29 is 5.11 Å². The van der Waals surface area contributed by atoms with Gasteiger partial charge in [0.2, 0.25) is 0 Å². The van der Waals surface area contributed by atoms with Crippen LogP contribution in [0.2, 0.25) is 0 Å². The Morgan fingerprint density at radius 3 is 2.55 bits per heavy atom. The summed E-state index contributed by atoms with van der Waals surface area (Å²) in [5.41, 5.74) is -0.396. The van der Waals surface area contributed by atoms with E-state index in [9.17, 15) is 5.11 Å². The Bertz CT molecular complexity index is 122. The van der Waals surface area contributed by atoms with Gasteiger partial charge < -0.3 is 5.11 Å². The van der Waals surface area contributed by atoms with E-state index >= 15 is 0 Å². The molecule has 1 unspecified atom stereocenters. The standard InChI is InChI=1S/C10H19O/c1-3-9-7-5-6-8-10(9,11)4-2/h11H,3-8H2,1-2H3. The van der Waals surface area contributed by atoms with E-state index in [1.807, 2.05) is 0 Å². The molecule has 0 aromatic carbocycles. The van der Waals surface area contributed by atoms with Crippen LogP contribution < -0.4 is 0 Å². The van der Waals surface area contributed by atoms with Crippen LogP contribution in [0.4, 0.5) is 0 Å². The van der Waals surface area contributed by atoms with E-state index in [0.29, 0.717) is 0 Å². The average Bonchev–Trinajstić information content (AvgIpc) is 2.05. The van der Waals surface area contributed by atoms with Crippen molar-refractivity contribution in [3.05, 3.63) is 5.92 Å². The summed E-state index contributed by atoms with van der Waals surface area (Å²) in [4.78, 5) is 0. The van der Waals surface area contributed by atoms with Gasteiger partial charge in [-0.1, -0.05) is 26.7 Å². The summed E-state index contributed by atoms with van der Waals surface area (Å²) in [6.45, 7) is 4.24. The van der Waals surface area contributed by atoms with Gasteiger partial charge in [-0.15, -0.1) is 0 Å². The normalized spacial score (nSPS) is 34.1. The van der Waals surface area contributed by atoms with Gasteiger partial charge >= 0.3 is 0 Å². The summed E-state index contributed by atoms with van der Waals surface area (Å²) >= 11 is 0. The molecule has 1 atom stereocenters. The zero-order valence-electron chi connectivity index (χ0n) is 7.69. The largest absolute Gasteiger partial charge is 0.389 e. The Kier molecular flexibility index (Phi) is 2.94. The van der Waals surface area contributed by atoms with E-state index in [2.05, 4.69) is 13.8 Å². The third-order valence-corrected chi connectivity index (χ3v) is 2.99. The Balaban J connectivity index is 2.57. The van der Waals surface area contributed by atoms with Crippen molar-refractivity contribution in [2.24, 2.45) is 0 Å². The molecular weight excluding hydrogens is 136 g/mol. The van der Waals surface area contributed by atoms with Crippen LogP contribution in [-0.4, -0.2) is 10.7 Å². The van der Waals surface area contributed by atoms with Crippen LogP contribution in [0.25, 0.3) is 0 Å². The molecule has 1 aliphatic rings. The maximum Gasteiger partial charge on any atom is 0.0707 e. The quantitative estimate of drug-likeness (QED) is 0.650. The van der Waals surface area contributed by atoms with Crippen molar-refractivity contribution in [1.29, 1.82) is 0 Å². The van der Waals surface area contributed by atoms with Gasteiger partial charge in [-0.05, 0) is 25.7 Å². The van der Waals surface area contributed by atoms with Crippen molar-refractivity contribution in [3.63, 3.8) is 0 Å². The average molecular weight is 155 g/mol. The molecule has 1 radical (unpaired) electrons. The van der Waals surface area contributed by atoms with E-state index in [-0.39, 0.29) is 0 Å². The number of hydrogen-bond acceptors (Lipinski definition) is 1. The van der Waals surface area contributed by atoms with E-state index in [1.165, 1.54) is 18.8 Å². The van der Waals surface area contributed by atoms with Gasteiger partial charge in [-0.3, -0.25) is 0 Å². The summed E-state index contributed by atoms with van der Waals surface area (Å²) in [5, 5.41) is 10.1. The molecule has 0 aromatic rings. The highest BCUT2D eigenvalue weighted by Gasteiger charge is 2.36. The molecule has 1 heteroatoms. The van der Waals surface area contributed by atoms with Crippen LogP contribution in [0, 0.1) is 5.92 Å². The highest BCUT2D eigenvalue weighted by Crippen LogP contribution is 2.39. The minimum absolute atomic E-state index is 0.396. The predicted molar refractivity (Wildman–Crippen MR) is 47.2 cm³/mol. The molecule has 1 fully saturated rings. The molecule has 0 bridgehead atoms. The van der Waals surface area contributed by atoms with Crippen molar-refractivity contribution >= 4 is 0 Å². The number of hydrogen-bond donors (Lipinski definition) is 1. The van der Waals surface area contributed by atoms with Crippen molar-refractivity contribution in [2.75, 3.05) is 0 Å². The van der Waals surface area contributed by atoms with Gasteiger partial charge in [-0.25, -0.2) is 0 Å². The second-order valence-electron chi connectivity index (χ2n) is 3.55. The first-order chi connectivity index (χ1) is 5.23. The Hall–Kier alpha value is -0.0400. The molecule has 1 nitrogen and oxygen atoms in total. The molecule has 0 aliphatic heterocycles. The van der Waals surface area contributed by atoms with Crippen molar-refractivity contribution in [1.82, 2.24) is 0 Å². The van der Waals surface area contributed by atoms with Gasteiger partial charge in [0.15, 0.2) is 0 Å². The first kappa shape index (κ1) is 9.05. The Morgan fingerprint density at radius 2 is 2.09 bits per heavy atom. The van der Waals surface area contributed by atoms with Crippen LogP contribution in [0.15, 0.2) is 0 Å². The summed E-state index contributed by atoms with van der Waals surface area (Å²) < 4.78 is 0. The van der Waals surface area contributed by atoms with E-state index in [1.54, 1.807) is 0 Å². The highest BCUT2D eigenvalue weighted by molar-refractivity contribution is 5.09. The minimum Gasteiger partial charge on any atom is -0.389 e. The molecule has 1 N–H and O–H groups in total. The van der Waals surface area contributed by atoms with Crippen molar-refractivity contribution in [3.8, 4) is 0 Å². The molecule has 0 heterocycles. The molecular formula is C10H19O. The monoisotopic (exact) mass is 155 g/mol. The Labute approximate surface area is 69.8 Å². The fraction of sp³-hybridized carbons (Fsp3) is 0.900. The van der Waals surface area contributed by atoms with Crippen LogP contribution >= 0.6 is 0 Å². The highest BCUT2D eigenvalue weighted by atomic mass is 16.3. The molecule has 1 rings (SSSR count). The molecule has 0 spiro atoms. The first-order valence-electron chi connectivity index (χ1n) is 4.80. The third-order valence-electron chi connectivity index (χ3n) is 2.99.